The third-order valence-electron chi connectivity index (χ3n) is 3.20. The first-order valence-electron chi connectivity index (χ1n) is 6.36. The van der Waals surface area contributed by atoms with Crippen LogP contribution in [0.1, 0.15) is 5.56 Å². The fraction of sp³-hybridized carbons (Fsp3) is 0.0588. The number of phenols is 2. The molecular formula is C17H14O3. The summed E-state index contributed by atoms with van der Waals surface area (Å²) in [6, 6.07) is 18.2. The molecule has 2 N–H and O–H groups in total. The highest BCUT2D eigenvalue weighted by atomic mass is 16.5. The number of benzene rings is 3. The van der Waals surface area contributed by atoms with Crippen LogP contribution in [-0.4, -0.2) is 10.2 Å². The summed E-state index contributed by atoms with van der Waals surface area (Å²) in [5.74, 6) is 0.431. The van der Waals surface area contributed by atoms with Gasteiger partial charge in [-0.3, -0.25) is 0 Å². The molecule has 100 valence electrons. The van der Waals surface area contributed by atoms with Gasteiger partial charge in [-0.2, -0.15) is 0 Å². The van der Waals surface area contributed by atoms with E-state index in [0.717, 1.165) is 5.56 Å². The molecule has 0 radical (unpaired) electrons. The van der Waals surface area contributed by atoms with Crippen molar-refractivity contribution in [3.63, 3.8) is 0 Å². The molecule has 0 fully saturated rings. The molecule has 0 aliphatic rings. The molecule has 0 saturated carbocycles. The van der Waals surface area contributed by atoms with Gasteiger partial charge in [-0.05, 0) is 5.56 Å². The summed E-state index contributed by atoms with van der Waals surface area (Å²) in [6.07, 6.45) is 0. The Hall–Kier alpha value is -2.68. The molecule has 3 aromatic carbocycles. The van der Waals surface area contributed by atoms with Gasteiger partial charge in [0.2, 0.25) is 0 Å². The second-order valence-corrected chi connectivity index (χ2v) is 4.56. The van der Waals surface area contributed by atoms with Gasteiger partial charge in [-0.15, -0.1) is 0 Å². The first kappa shape index (κ1) is 12.4. The molecule has 3 aromatic rings. The number of phenolic OH excluding ortho intramolecular Hbond substituents is 2. The summed E-state index contributed by atoms with van der Waals surface area (Å²) in [6.45, 7) is 0.339. The van der Waals surface area contributed by atoms with Crippen LogP contribution >= 0.6 is 0 Å². The Labute approximate surface area is 116 Å². The average molecular weight is 266 g/mol. The number of fused-ring (bicyclic) bond motifs is 1. The van der Waals surface area contributed by atoms with Crippen LogP contribution in [0.5, 0.6) is 17.2 Å². The number of rotatable bonds is 3. The molecule has 0 amide bonds. The number of ether oxygens (including phenoxy) is 1. The monoisotopic (exact) mass is 266 g/mol. The van der Waals surface area contributed by atoms with Crippen molar-refractivity contribution in [3.05, 3.63) is 66.2 Å². The van der Waals surface area contributed by atoms with Crippen LogP contribution in [-0.2, 0) is 6.61 Å². The van der Waals surface area contributed by atoms with E-state index in [1.165, 1.54) is 6.07 Å². The van der Waals surface area contributed by atoms with Crippen LogP contribution in [0.25, 0.3) is 10.8 Å². The predicted octanol–water partition coefficient (Wildman–Crippen LogP) is 3.83. The molecule has 0 aliphatic carbocycles. The van der Waals surface area contributed by atoms with Gasteiger partial charge in [-0.1, -0.05) is 54.6 Å². The highest BCUT2D eigenvalue weighted by Gasteiger charge is 2.11. The Kier molecular flexibility index (Phi) is 3.17. The highest BCUT2D eigenvalue weighted by molar-refractivity contribution is 5.95. The van der Waals surface area contributed by atoms with E-state index in [4.69, 9.17) is 4.74 Å². The zero-order valence-electron chi connectivity index (χ0n) is 10.8. The Balaban J connectivity index is 1.94. The molecule has 3 heteroatoms. The maximum absolute atomic E-state index is 10.2. The molecule has 3 nitrogen and oxygen atoms in total. The van der Waals surface area contributed by atoms with Gasteiger partial charge in [0.1, 0.15) is 12.4 Å². The van der Waals surface area contributed by atoms with E-state index >= 15 is 0 Å². The lowest BCUT2D eigenvalue weighted by Crippen LogP contribution is -1.95. The van der Waals surface area contributed by atoms with Crippen LogP contribution < -0.4 is 4.74 Å². The van der Waals surface area contributed by atoms with Crippen LogP contribution in [0.2, 0.25) is 0 Å². The molecule has 0 heterocycles. The van der Waals surface area contributed by atoms with Crippen molar-refractivity contribution in [2.24, 2.45) is 0 Å². The van der Waals surface area contributed by atoms with Crippen molar-refractivity contribution in [2.45, 2.75) is 6.61 Å². The number of aromatic hydroxyl groups is 2. The molecule has 0 aliphatic heterocycles. The Morgan fingerprint density at radius 1 is 0.800 bits per heavy atom. The lowest BCUT2D eigenvalue weighted by atomic mass is 10.1. The fourth-order valence-electron chi connectivity index (χ4n) is 2.16. The van der Waals surface area contributed by atoms with E-state index in [1.807, 2.05) is 42.5 Å². The van der Waals surface area contributed by atoms with E-state index < -0.39 is 0 Å². The zero-order chi connectivity index (χ0) is 13.9. The maximum Gasteiger partial charge on any atom is 0.165 e. The Morgan fingerprint density at radius 3 is 2.20 bits per heavy atom. The zero-order valence-corrected chi connectivity index (χ0v) is 10.8. The fourth-order valence-corrected chi connectivity index (χ4v) is 2.16. The lowest BCUT2D eigenvalue weighted by molar-refractivity contribution is 0.289. The van der Waals surface area contributed by atoms with Crippen LogP contribution in [0, 0.1) is 0 Å². The quantitative estimate of drug-likeness (QED) is 0.708. The van der Waals surface area contributed by atoms with Crippen molar-refractivity contribution >= 4 is 10.8 Å². The summed E-state index contributed by atoms with van der Waals surface area (Å²) in [5, 5.41) is 21.4. The predicted molar refractivity (Wildman–Crippen MR) is 78.1 cm³/mol. The second kappa shape index (κ2) is 5.13. The molecule has 3 rings (SSSR count). The third-order valence-corrected chi connectivity index (χ3v) is 3.20. The van der Waals surface area contributed by atoms with E-state index in [1.54, 1.807) is 12.1 Å². The molecule has 0 saturated heterocycles. The van der Waals surface area contributed by atoms with Gasteiger partial charge >= 0.3 is 0 Å². The summed E-state index contributed by atoms with van der Waals surface area (Å²) in [7, 11) is 0. The number of hydrogen-bond acceptors (Lipinski definition) is 3. The summed E-state index contributed by atoms with van der Waals surface area (Å²) in [4.78, 5) is 0. The van der Waals surface area contributed by atoms with Crippen molar-refractivity contribution in [2.75, 3.05) is 0 Å². The van der Waals surface area contributed by atoms with Gasteiger partial charge < -0.3 is 14.9 Å². The number of hydrogen-bond donors (Lipinski definition) is 2. The van der Waals surface area contributed by atoms with Gasteiger partial charge in [0, 0.05) is 16.8 Å². The van der Waals surface area contributed by atoms with Crippen LogP contribution in [0.4, 0.5) is 0 Å². The van der Waals surface area contributed by atoms with Crippen molar-refractivity contribution < 1.29 is 14.9 Å². The first-order chi connectivity index (χ1) is 9.75. The van der Waals surface area contributed by atoms with E-state index in [-0.39, 0.29) is 17.2 Å². The van der Waals surface area contributed by atoms with Gasteiger partial charge in [-0.25, -0.2) is 0 Å². The van der Waals surface area contributed by atoms with E-state index in [2.05, 4.69) is 0 Å². The van der Waals surface area contributed by atoms with Crippen LogP contribution in [0.3, 0.4) is 0 Å². The minimum atomic E-state index is 0.0503. The van der Waals surface area contributed by atoms with E-state index in [0.29, 0.717) is 17.4 Å². The van der Waals surface area contributed by atoms with Crippen LogP contribution in [0.15, 0.2) is 60.7 Å². The van der Waals surface area contributed by atoms with Crippen molar-refractivity contribution in [3.8, 4) is 17.2 Å². The molecule has 0 bridgehead atoms. The van der Waals surface area contributed by atoms with Gasteiger partial charge in [0.15, 0.2) is 11.5 Å². The Bertz CT molecular complexity index is 736. The lowest BCUT2D eigenvalue weighted by Gasteiger charge is -2.11. The maximum atomic E-state index is 10.2. The normalized spacial score (nSPS) is 10.6. The molecular weight excluding hydrogens is 252 g/mol. The molecule has 0 aromatic heterocycles. The highest BCUT2D eigenvalue weighted by Crippen LogP contribution is 2.40. The summed E-state index contributed by atoms with van der Waals surface area (Å²) < 4.78 is 5.60. The SMILES string of the molecule is Oc1cc(OCc2ccccc2)c(O)c2ccccc12. The van der Waals surface area contributed by atoms with Gasteiger partial charge in [0.25, 0.3) is 0 Å². The molecule has 0 atom stereocenters. The van der Waals surface area contributed by atoms with E-state index in [9.17, 15) is 10.2 Å². The van der Waals surface area contributed by atoms with Crippen molar-refractivity contribution in [1.29, 1.82) is 0 Å². The Morgan fingerprint density at radius 2 is 1.45 bits per heavy atom. The minimum Gasteiger partial charge on any atom is -0.507 e. The van der Waals surface area contributed by atoms with Gasteiger partial charge in [0.05, 0.1) is 0 Å². The molecule has 0 unspecified atom stereocenters. The smallest absolute Gasteiger partial charge is 0.165 e. The second-order valence-electron chi connectivity index (χ2n) is 4.56. The third kappa shape index (κ3) is 2.26. The summed E-state index contributed by atoms with van der Waals surface area (Å²) >= 11 is 0. The van der Waals surface area contributed by atoms with Crippen molar-refractivity contribution in [1.82, 2.24) is 0 Å². The minimum absolute atomic E-state index is 0.0503. The average Bonchev–Trinajstić information content (AvgIpc) is 2.50. The first-order valence-corrected chi connectivity index (χ1v) is 6.36. The topological polar surface area (TPSA) is 49.7 Å². The largest absolute Gasteiger partial charge is 0.507 e. The molecule has 0 spiro atoms. The standard InChI is InChI=1S/C17H14O3/c18-15-10-16(20-11-12-6-2-1-3-7-12)17(19)14-9-5-4-8-13(14)15/h1-10,18-19H,11H2. The molecule has 20 heavy (non-hydrogen) atoms. The summed E-state index contributed by atoms with van der Waals surface area (Å²) in [5.41, 5.74) is 1.000.